The Kier molecular flexibility index (Phi) is 4.34. The number of carbonyl (C=O) groups excluding carboxylic acids is 2. The molecule has 0 spiro atoms. The average molecular weight is 258 g/mol. The fraction of sp³-hybridized carbons (Fsp3) is 0.833. The SMILES string of the molecule is CN1CCC(C(=O)ON)(C(=O)OC(C)(C)C)CC1. The first-order valence-corrected chi connectivity index (χ1v) is 6.04. The van der Waals surface area contributed by atoms with Crippen LogP contribution >= 0.6 is 0 Å². The van der Waals surface area contributed by atoms with E-state index < -0.39 is 23.0 Å². The molecule has 0 amide bonds. The second-order valence-corrected chi connectivity index (χ2v) is 5.79. The van der Waals surface area contributed by atoms with E-state index in [1.165, 1.54) is 0 Å². The molecule has 1 heterocycles. The summed E-state index contributed by atoms with van der Waals surface area (Å²) in [7, 11) is 1.94. The van der Waals surface area contributed by atoms with Crippen molar-refractivity contribution in [2.45, 2.75) is 39.2 Å². The molecule has 0 aromatic rings. The average Bonchev–Trinajstić information content (AvgIpc) is 2.27. The van der Waals surface area contributed by atoms with E-state index in [0.29, 0.717) is 25.9 Å². The molecule has 0 radical (unpaired) electrons. The number of carbonyl (C=O) groups is 2. The predicted molar refractivity (Wildman–Crippen MR) is 65.3 cm³/mol. The maximum absolute atomic E-state index is 12.2. The zero-order valence-corrected chi connectivity index (χ0v) is 11.5. The smallest absolute Gasteiger partial charge is 0.342 e. The molecule has 104 valence electrons. The first-order valence-electron chi connectivity index (χ1n) is 6.04. The number of hydrogen-bond acceptors (Lipinski definition) is 6. The Morgan fingerprint density at radius 3 is 2.06 bits per heavy atom. The van der Waals surface area contributed by atoms with Gasteiger partial charge in [0.15, 0.2) is 5.41 Å². The van der Waals surface area contributed by atoms with Gasteiger partial charge in [-0.2, -0.15) is 5.90 Å². The number of nitrogens with zero attached hydrogens (tertiary/aromatic N) is 1. The lowest BCUT2D eigenvalue weighted by molar-refractivity contribution is -0.183. The highest BCUT2D eigenvalue weighted by Crippen LogP contribution is 2.35. The molecule has 1 aliphatic rings. The van der Waals surface area contributed by atoms with Crippen molar-refractivity contribution in [1.82, 2.24) is 4.90 Å². The number of esters is 1. The summed E-state index contributed by atoms with van der Waals surface area (Å²) in [5, 5.41) is 0. The molecule has 1 saturated heterocycles. The normalized spacial score (nSPS) is 20.3. The summed E-state index contributed by atoms with van der Waals surface area (Å²) in [4.78, 5) is 30.5. The number of hydrogen-bond donors (Lipinski definition) is 1. The van der Waals surface area contributed by atoms with Gasteiger partial charge in [0.05, 0.1) is 0 Å². The Balaban J connectivity index is 2.92. The molecule has 2 N–H and O–H groups in total. The van der Waals surface area contributed by atoms with Gasteiger partial charge in [0.1, 0.15) is 5.60 Å². The molecule has 0 atom stereocenters. The molecule has 6 heteroatoms. The first kappa shape index (κ1) is 14.9. The van der Waals surface area contributed by atoms with E-state index in [1.807, 2.05) is 11.9 Å². The van der Waals surface area contributed by atoms with Gasteiger partial charge in [-0.25, -0.2) is 4.79 Å². The Morgan fingerprint density at radius 2 is 1.67 bits per heavy atom. The van der Waals surface area contributed by atoms with Crippen molar-refractivity contribution < 1.29 is 19.2 Å². The summed E-state index contributed by atoms with van der Waals surface area (Å²) in [6.07, 6.45) is 0.739. The van der Waals surface area contributed by atoms with E-state index in [1.54, 1.807) is 20.8 Å². The second kappa shape index (κ2) is 5.24. The molecule has 0 bridgehead atoms. The first-order chi connectivity index (χ1) is 8.21. The number of ether oxygens (including phenoxy) is 1. The van der Waals surface area contributed by atoms with Gasteiger partial charge in [0.25, 0.3) is 0 Å². The van der Waals surface area contributed by atoms with Gasteiger partial charge in [0, 0.05) is 0 Å². The molecule has 1 fully saturated rings. The molecule has 6 nitrogen and oxygen atoms in total. The molecule has 1 aliphatic heterocycles. The fourth-order valence-corrected chi connectivity index (χ4v) is 1.98. The van der Waals surface area contributed by atoms with Gasteiger partial charge >= 0.3 is 11.9 Å². The van der Waals surface area contributed by atoms with Crippen molar-refractivity contribution in [3.8, 4) is 0 Å². The van der Waals surface area contributed by atoms with Gasteiger partial charge in [-0.1, -0.05) is 0 Å². The van der Waals surface area contributed by atoms with Crippen LogP contribution in [0.25, 0.3) is 0 Å². The van der Waals surface area contributed by atoms with Crippen LogP contribution in [0.4, 0.5) is 0 Å². The third-order valence-corrected chi connectivity index (χ3v) is 3.13. The molecule has 0 aromatic heterocycles. The largest absolute Gasteiger partial charge is 0.459 e. The van der Waals surface area contributed by atoms with Crippen LogP contribution in [0, 0.1) is 5.41 Å². The minimum atomic E-state index is -1.26. The lowest BCUT2D eigenvalue weighted by Gasteiger charge is -2.37. The van der Waals surface area contributed by atoms with Crippen molar-refractivity contribution in [3.63, 3.8) is 0 Å². The Hall–Kier alpha value is -1.14. The van der Waals surface area contributed by atoms with E-state index in [2.05, 4.69) is 4.84 Å². The highest BCUT2D eigenvalue weighted by Gasteiger charge is 2.51. The second-order valence-electron chi connectivity index (χ2n) is 5.79. The molecule has 0 aliphatic carbocycles. The van der Waals surface area contributed by atoms with E-state index >= 15 is 0 Å². The van der Waals surface area contributed by atoms with E-state index in [4.69, 9.17) is 10.6 Å². The van der Waals surface area contributed by atoms with Crippen LogP contribution in [0.3, 0.4) is 0 Å². The van der Waals surface area contributed by atoms with Crippen LogP contribution in [0.2, 0.25) is 0 Å². The lowest BCUT2D eigenvalue weighted by Crippen LogP contribution is -2.51. The van der Waals surface area contributed by atoms with Crippen molar-refractivity contribution in [1.29, 1.82) is 0 Å². The standard InChI is InChI=1S/C12H22N2O4/c1-11(2,3)17-9(15)12(10(16)18-13)5-7-14(4)8-6-12/h5-8,13H2,1-4H3. The Bertz CT molecular complexity index is 327. The third-order valence-electron chi connectivity index (χ3n) is 3.13. The van der Waals surface area contributed by atoms with E-state index in [0.717, 1.165) is 0 Å². The Labute approximate surface area is 107 Å². The maximum Gasteiger partial charge on any atom is 0.342 e. The molecular weight excluding hydrogens is 236 g/mol. The van der Waals surface area contributed by atoms with Crippen LogP contribution in [0.5, 0.6) is 0 Å². The van der Waals surface area contributed by atoms with Crippen molar-refractivity contribution in [2.75, 3.05) is 20.1 Å². The summed E-state index contributed by atoms with van der Waals surface area (Å²) >= 11 is 0. The molecule has 0 saturated carbocycles. The minimum Gasteiger partial charge on any atom is -0.459 e. The zero-order chi connectivity index (χ0) is 14.0. The van der Waals surface area contributed by atoms with Crippen LogP contribution in [0.15, 0.2) is 0 Å². The van der Waals surface area contributed by atoms with Gasteiger partial charge in [-0.3, -0.25) is 4.79 Å². The van der Waals surface area contributed by atoms with Crippen molar-refractivity contribution in [3.05, 3.63) is 0 Å². The highest BCUT2D eigenvalue weighted by atomic mass is 16.7. The lowest BCUT2D eigenvalue weighted by atomic mass is 9.78. The number of piperidine rings is 1. The van der Waals surface area contributed by atoms with Crippen molar-refractivity contribution in [2.24, 2.45) is 11.3 Å². The zero-order valence-electron chi connectivity index (χ0n) is 11.5. The topological polar surface area (TPSA) is 81.9 Å². The number of likely N-dealkylation sites (tertiary alicyclic amines) is 1. The van der Waals surface area contributed by atoms with E-state index in [-0.39, 0.29) is 0 Å². The highest BCUT2D eigenvalue weighted by molar-refractivity contribution is 6.00. The molecule has 0 aromatic carbocycles. The summed E-state index contributed by atoms with van der Waals surface area (Å²) in [5.74, 6) is 3.71. The van der Waals surface area contributed by atoms with Gasteiger partial charge in [-0.15, -0.1) is 0 Å². The molecule has 1 rings (SSSR count). The molecule has 0 unspecified atom stereocenters. The van der Waals surface area contributed by atoms with Crippen LogP contribution < -0.4 is 5.90 Å². The van der Waals surface area contributed by atoms with Crippen LogP contribution in [-0.2, 0) is 19.2 Å². The summed E-state index contributed by atoms with van der Waals surface area (Å²) in [6.45, 7) is 6.56. The van der Waals surface area contributed by atoms with Crippen LogP contribution in [-0.4, -0.2) is 42.6 Å². The fourth-order valence-electron chi connectivity index (χ4n) is 1.98. The van der Waals surface area contributed by atoms with E-state index in [9.17, 15) is 9.59 Å². The van der Waals surface area contributed by atoms with Crippen LogP contribution in [0.1, 0.15) is 33.6 Å². The van der Waals surface area contributed by atoms with Gasteiger partial charge in [-0.05, 0) is 53.8 Å². The van der Waals surface area contributed by atoms with Gasteiger partial charge in [0.2, 0.25) is 0 Å². The predicted octanol–water partition coefficient (Wildman–Crippen LogP) is 0.457. The maximum atomic E-state index is 12.2. The number of rotatable bonds is 2. The number of nitrogens with two attached hydrogens (primary N) is 1. The Morgan fingerprint density at radius 1 is 1.17 bits per heavy atom. The minimum absolute atomic E-state index is 0.369. The summed E-state index contributed by atoms with van der Waals surface area (Å²) < 4.78 is 5.32. The van der Waals surface area contributed by atoms with Crippen molar-refractivity contribution >= 4 is 11.9 Å². The monoisotopic (exact) mass is 258 g/mol. The summed E-state index contributed by atoms with van der Waals surface area (Å²) in [6, 6.07) is 0. The molecule has 18 heavy (non-hydrogen) atoms. The summed E-state index contributed by atoms with van der Waals surface area (Å²) in [5.41, 5.74) is -1.89. The molecular formula is C12H22N2O4. The van der Waals surface area contributed by atoms with Gasteiger partial charge < -0.3 is 14.5 Å². The third kappa shape index (κ3) is 3.20. The quantitative estimate of drug-likeness (QED) is 0.440.